The number of nitrogens with two attached hydrogens (primary N) is 1. The Morgan fingerprint density at radius 2 is 1.92 bits per heavy atom. The third-order valence-corrected chi connectivity index (χ3v) is 4.63. The summed E-state index contributed by atoms with van der Waals surface area (Å²) in [5.74, 6) is -1.10. The van der Waals surface area contributed by atoms with E-state index in [1.165, 1.54) is 9.80 Å². The Hall–Kier alpha value is -1.57. The van der Waals surface area contributed by atoms with Crippen LogP contribution in [0.3, 0.4) is 0 Å². The van der Waals surface area contributed by atoms with E-state index in [1.54, 1.807) is 7.05 Å². The zero-order chi connectivity index (χ0) is 18.4. The number of imide groups is 1. The number of likely N-dealkylation sites (tertiary alicyclic amines) is 1. The maximum absolute atomic E-state index is 12.1. The normalized spacial score (nSPS) is 19.0. The third kappa shape index (κ3) is 5.22. The summed E-state index contributed by atoms with van der Waals surface area (Å²) in [6.07, 6.45) is 2.47. The number of nitrogens with zero attached hydrogens (tertiary/aromatic N) is 2. The van der Waals surface area contributed by atoms with Crippen LogP contribution in [0.5, 0.6) is 0 Å². The maximum Gasteiger partial charge on any atom is 0.242 e. The number of thiol groups is 1. The molecule has 4 amide bonds. The standard InChI is InChI=1S/C16H27N3O4S/c1-10(2)14(15(17)22)18(3)12(20)7-5-4-6-8-19-13(21)9-11(24)16(19)23/h10-11,14,24H,4-9H2,1-3H3,(H2,17,22)/t11?,14-/m0/s1. The number of primary amides is 1. The van der Waals surface area contributed by atoms with E-state index in [9.17, 15) is 19.2 Å². The summed E-state index contributed by atoms with van der Waals surface area (Å²) in [5.41, 5.74) is 5.35. The van der Waals surface area contributed by atoms with Crippen molar-refractivity contribution in [2.75, 3.05) is 13.6 Å². The first-order chi connectivity index (χ1) is 11.2. The summed E-state index contributed by atoms with van der Waals surface area (Å²) in [5, 5.41) is -0.519. The molecule has 1 heterocycles. The topological polar surface area (TPSA) is 101 Å². The van der Waals surface area contributed by atoms with E-state index in [4.69, 9.17) is 5.73 Å². The van der Waals surface area contributed by atoms with Gasteiger partial charge in [-0.15, -0.1) is 0 Å². The fourth-order valence-electron chi connectivity index (χ4n) is 2.92. The molecule has 2 N–H and O–H groups in total. The van der Waals surface area contributed by atoms with Gasteiger partial charge in [-0.05, 0) is 18.8 Å². The molecule has 1 aliphatic heterocycles. The van der Waals surface area contributed by atoms with Crippen LogP contribution in [0.1, 0.15) is 46.0 Å². The Balaban J connectivity index is 2.32. The van der Waals surface area contributed by atoms with E-state index in [0.29, 0.717) is 25.8 Å². The van der Waals surface area contributed by atoms with Gasteiger partial charge in [-0.2, -0.15) is 12.6 Å². The summed E-state index contributed by atoms with van der Waals surface area (Å²) in [6, 6.07) is -0.607. The highest BCUT2D eigenvalue weighted by molar-refractivity contribution is 7.81. The molecule has 8 heteroatoms. The highest BCUT2D eigenvalue weighted by Gasteiger charge is 2.35. The van der Waals surface area contributed by atoms with Gasteiger partial charge in [0.1, 0.15) is 6.04 Å². The average molecular weight is 357 g/mol. The minimum absolute atomic E-state index is 0.0437. The van der Waals surface area contributed by atoms with Gasteiger partial charge < -0.3 is 10.6 Å². The lowest BCUT2D eigenvalue weighted by atomic mass is 10.0. The molecule has 0 bridgehead atoms. The molecule has 1 unspecified atom stereocenters. The Labute approximate surface area is 148 Å². The summed E-state index contributed by atoms with van der Waals surface area (Å²) < 4.78 is 0. The van der Waals surface area contributed by atoms with Crippen molar-refractivity contribution in [2.45, 2.75) is 57.2 Å². The lowest BCUT2D eigenvalue weighted by Crippen LogP contribution is -2.48. The Kier molecular flexibility index (Phi) is 7.72. The molecule has 0 aromatic rings. The van der Waals surface area contributed by atoms with E-state index < -0.39 is 17.2 Å². The van der Waals surface area contributed by atoms with Gasteiger partial charge in [0.15, 0.2) is 0 Å². The van der Waals surface area contributed by atoms with Crippen molar-refractivity contribution in [3.63, 3.8) is 0 Å². The number of unbranched alkanes of at least 4 members (excludes halogenated alkanes) is 2. The molecule has 0 saturated carbocycles. The molecule has 2 atom stereocenters. The molecule has 1 rings (SSSR count). The summed E-state index contributed by atoms with van der Waals surface area (Å²) in [4.78, 5) is 49.6. The second-order valence-electron chi connectivity index (χ2n) is 6.51. The zero-order valence-corrected chi connectivity index (χ0v) is 15.4. The molecule has 0 aromatic carbocycles. The molecule has 0 radical (unpaired) electrons. The quantitative estimate of drug-likeness (QED) is 0.358. The maximum atomic E-state index is 12.1. The molecule has 24 heavy (non-hydrogen) atoms. The van der Waals surface area contributed by atoms with Crippen LogP contribution in [0, 0.1) is 5.92 Å². The fraction of sp³-hybridized carbons (Fsp3) is 0.750. The number of amides is 4. The second-order valence-corrected chi connectivity index (χ2v) is 7.13. The number of hydrogen-bond donors (Lipinski definition) is 2. The molecule has 7 nitrogen and oxygen atoms in total. The first kappa shape index (κ1) is 20.5. The largest absolute Gasteiger partial charge is 0.368 e. The molecule has 0 aliphatic carbocycles. The number of carbonyl (C=O) groups excluding carboxylic acids is 4. The van der Waals surface area contributed by atoms with Crippen LogP contribution in [-0.2, 0) is 19.2 Å². The smallest absolute Gasteiger partial charge is 0.242 e. The second kappa shape index (κ2) is 9.05. The molecule has 0 aromatic heterocycles. The van der Waals surface area contributed by atoms with Gasteiger partial charge in [-0.25, -0.2) is 0 Å². The summed E-state index contributed by atoms with van der Waals surface area (Å²) >= 11 is 4.07. The van der Waals surface area contributed by atoms with Crippen LogP contribution in [-0.4, -0.2) is 58.3 Å². The molecule has 0 spiro atoms. The molecule has 1 aliphatic rings. The molecule has 136 valence electrons. The van der Waals surface area contributed by atoms with E-state index in [-0.39, 0.29) is 30.1 Å². The first-order valence-corrected chi connectivity index (χ1v) is 8.75. The van der Waals surface area contributed by atoms with E-state index in [0.717, 1.165) is 6.42 Å². The minimum Gasteiger partial charge on any atom is -0.368 e. The van der Waals surface area contributed by atoms with E-state index in [2.05, 4.69) is 12.6 Å². The monoisotopic (exact) mass is 357 g/mol. The molecular weight excluding hydrogens is 330 g/mol. The predicted molar refractivity (Wildman–Crippen MR) is 93.2 cm³/mol. The van der Waals surface area contributed by atoms with Crippen LogP contribution >= 0.6 is 12.6 Å². The number of hydrogen-bond acceptors (Lipinski definition) is 5. The van der Waals surface area contributed by atoms with Crippen molar-refractivity contribution in [3.8, 4) is 0 Å². The SMILES string of the molecule is CC(C)[C@@H](C(N)=O)N(C)C(=O)CCCCCN1C(=O)CC(S)C1=O. The average Bonchev–Trinajstić information content (AvgIpc) is 2.71. The lowest BCUT2D eigenvalue weighted by Gasteiger charge is -2.28. The van der Waals surface area contributed by atoms with Crippen molar-refractivity contribution < 1.29 is 19.2 Å². The zero-order valence-electron chi connectivity index (χ0n) is 14.5. The highest BCUT2D eigenvalue weighted by atomic mass is 32.1. The number of rotatable bonds is 9. The van der Waals surface area contributed by atoms with Gasteiger partial charge in [0.25, 0.3) is 0 Å². The van der Waals surface area contributed by atoms with Crippen LogP contribution in [0.25, 0.3) is 0 Å². The van der Waals surface area contributed by atoms with Crippen molar-refractivity contribution in [1.82, 2.24) is 9.80 Å². The molecular formula is C16H27N3O4S. The molecule has 1 fully saturated rings. The van der Waals surface area contributed by atoms with Gasteiger partial charge in [-0.3, -0.25) is 24.1 Å². The predicted octanol–water partition coefficient (Wildman–Crippen LogP) is 0.572. The highest BCUT2D eigenvalue weighted by Crippen LogP contribution is 2.18. The minimum atomic E-state index is -0.607. The van der Waals surface area contributed by atoms with Gasteiger partial charge in [-0.1, -0.05) is 20.3 Å². The van der Waals surface area contributed by atoms with Gasteiger partial charge in [0.05, 0.1) is 5.25 Å². The van der Waals surface area contributed by atoms with Crippen molar-refractivity contribution in [3.05, 3.63) is 0 Å². The van der Waals surface area contributed by atoms with Crippen molar-refractivity contribution in [1.29, 1.82) is 0 Å². The first-order valence-electron chi connectivity index (χ1n) is 8.24. The number of carbonyl (C=O) groups is 4. The van der Waals surface area contributed by atoms with Crippen LogP contribution < -0.4 is 5.73 Å². The Morgan fingerprint density at radius 3 is 2.38 bits per heavy atom. The summed E-state index contributed by atoms with van der Waals surface area (Å²) in [7, 11) is 1.59. The number of likely N-dealkylation sites (N-methyl/N-ethyl adjacent to an activating group) is 1. The van der Waals surface area contributed by atoms with Crippen LogP contribution in [0.4, 0.5) is 0 Å². The third-order valence-electron chi connectivity index (χ3n) is 4.23. The fourth-order valence-corrected chi connectivity index (χ4v) is 3.22. The van der Waals surface area contributed by atoms with Crippen molar-refractivity contribution >= 4 is 36.3 Å². The van der Waals surface area contributed by atoms with E-state index >= 15 is 0 Å². The van der Waals surface area contributed by atoms with Crippen LogP contribution in [0.15, 0.2) is 0 Å². The lowest BCUT2D eigenvalue weighted by molar-refractivity contribution is -0.139. The summed E-state index contributed by atoms with van der Waals surface area (Å²) in [6.45, 7) is 4.06. The Bertz CT molecular complexity index is 510. The van der Waals surface area contributed by atoms with Gasteiger partial charge >= 0.3 is 0 Å². The van der Waals surface area contributed by atoms with Gasteiger partial charge in [0, 0.05) is 26.4 Å². The van der Waals surface area contributed by atoms with Crippen LogP contribution in [0.2, 0.25) is 0 Å². The Morgan fingerprint density at radius 1 is 1.29 bits per heavy atom. The van der Waals surface area contributed by atoms with E-state index in [1.807, 2.05) is 13.8 Å². The molecule has 1 saturated heterocycles. The van der Waals surface area contributed by atoms with Crippen molar-refractivity contribution in [2.24, 2.45) is 11.7 Å². The van der Waals surface area contributed by atoms with Gasteiger partial charge in [0.2, 0.25) is 23.6 Å².